The lowest BCUT2D eigenvalue weighted by atomic mass is 10.1. The molecule has 0 atom stereocenters. The van der Waals surface area contributed by atoms with E-state index in [4.69, 9.17) is 11.5 Å². The van der Waals surface area contributed by atoms with Crippen LogP contribution in [0.5, 0.6) is 0 Å². The van der Waals surface area contributed by atoms with E-state index >= 15 is 0 Å². The SMILES string of the molecule is CCCCCCCCCCC(=O)NCCCNCCCN=C(N)N. The Morgan fingerprint density at radius 2 is 1.46 bits per heavy atom. The maximum absolute atomic E-state index is 11.7. The van der Waals surface area contributed by atoms with Gasteiger partial charge in [0.15, 0.2) is 5.96 Å². The average Bonchev–Trinajstić information content (AvgIpc) is 2.55. The van der Waals surface area contributed by atoms with E-state index in [1.807, 2.05) is 0 Å². The van der Waals surface area contributed by atoms with E-state index in [-0.39, 0.29) is 11.9 Å². The molecular weight excluding hydrogens is 302 g/mol. The minimum absolute atomic E-state index is 0.147. The molecular formula is C18H39N5O. The molecule has 6 N–H and O–H groups in total. The van der Waals surface area contributed by atoms with Crippen molar-refractivity contribution in [3.8, 4) is 0 Å². The number of aliphatic imine (C=N–C) groups is 1. The third-order valence-corrected chi connectivity index (χ3v) is 3.92. The summed E-state index contributed by atoms with van der Waals surface area (Å²) >= 11 is 0. The van der Waals surface area contributed by atoms with Gasteiger partial charge in [0.2, 0.25) is 5.91 Å². The second-order valence-electron chi connectivity index (χ2n) is 6.34. The maximum Gasteiger partial charge on any atom is 0.219 e. The van der Waals surface area contributed by atoms with Gasteiger partial charge in [-0.25, -0.2) is 0 Å². The third-order valence-electron chi connectivity index (χ3n) is 3.92. The second-order valence-corrected chi connectivity index (χ2v) is 6.34. The zero-order valence-electron chi connectivity index (χ0n) is 15.6. The van der Waals surface area contributed by atoms with Crippen LogP contribution in [0.15, 0.2) is 4.99 Å². The summed E-state index contributed by atoms with van der Waals surface area (Å²) in [7, 11) is 0. The zero-order chi connectivity index (χ0) is 17.9. The van der Waals surface area contributed by atoms with Crippen molar-refractivity contribution >= 4 is 11.9 Å². The van der Waals surface area contributed by atoms with Gasteiger partial charge in [0.05, 0.1) is 0 Å². The molecule has 0 aromatic heterocycles. The first-order chi connectivity index (χ1) is 11.7. The Bertz CT molecular complexity index is 317. The molecule has 0 unspecified atom stereocenters. The molecule has 0 aromatic rings. The van der Waals surface area contributed by atoms with Crippen molar-refractivity contribution in [2.24, 2.45) is 16.5 Å². The van der Waals surface area contributed by atoms with E-state index in [1.165, 1.54) is 44.9 Å². The van der Waals surface area contributed by atoms with Crippen molar-refractivity contribution in [2.45, 2.75) is 77.6 Å². The summed E-state index contributed by atoms with van der Waals surface area (Å²) in [4.78, 5) is 15.6. The molecule has 0 aliphatic carbocycles. The molecule has 142 valence electrons. The van der Waals surface area contributed by atoms with Crippen LogP contribution in [0.25, 0.3) is 0 Å². The Kier molecular flexibility index (Phi) is 17.1. The second kappa shape index (κ2) is 18.0. The van der Waals surface area contributed by atoms with Crippen LogP contribution in [-0.4, -0.2) is 38.0 Å². The predicted octanol–water partition coefficient (Wildman–Crippen LogP) is 2.28. The van der Waals surface area contributed by atoms with E-state index in [1.54, 1.807) is 0 Å². The highest BCUT2D eigenvalue weighted by Crippen LogP contribution is 2.09. The Hall–Kier alpha value is -1.30. The number of carbonyl (C=O) groups excluding carboxylic acids is 1. The number of amides is 1. The summed E-state index contributed by atoms with van der Waals surface area (Å²) in [5, 5.41) is 6.30. The van der Waals surface area contributed by atoms with Crippen molar-refractivity contribution in [2.75, 3.05) is 26.2 Å². The van der Waals surface area contributed by atoms with Gasteiger partial charge in [0, 0.05) is 19.5 Å². The first-order valence-corrected chi connectivity index (χ1v) is 9.69. The molecule has 0 radical (unpaired) electrons. The van der Waals surface area contributed by atoms with Crippen LogP contribution in [0.1, 0.15) is 77.6 Å². The van der Waals surface area contributed by atoms with Crippen LogP contribution in [0.4, 0.5) is 0 Å². The van der Waals surface area contributed by atoms with Crippen LogP contribution in [0.2, 0.25) is 0 Å². The summed E-state index contributed by atoms with van der Waals surface area (Å²) < 4.78 is 0. The monoisotopic (exact) mass is 341 g/mol. The number of rotatable bonds is 17. The topological polar surface area (TPSA) is 106 Å². The number of hydrogen-bond donors (Lipinski definition) is 4. The Balaban J connectivity index is 3.20. The molecule has 6 heteroatoms. The highest BCUT2D eigenvalue weighted by molar-refractivity contribution is 5.76. The normalized spacial score (nSPS) is 10.5. The number of guanidine groups is 1. The van der Waals surface area contributed by atoms with Gasteiger partial charge in [0.25, 0.3) is 0 Å². The molecule has 0 aromatic carbocycles. The summed E-state index contributed by atoms with van der Waals surface area (Å²) in [6, 6.07) is 0. The molecule has 0 fully saturated rings. The van der Waals surface area contributed by atoms with Crippen molar-refractivity contribution in [3.05, 3.63) is 0 Å². The van der Waals surface area contributed by atoms with E-state index < -0.39 is 0 Å². The van der Waals surface area contributed by atoms with Gasteiger partial charge < -0.3 is 22.1 Å². The van der Waals surface area contributed by atoms with Gasteiger partial charge in [-0.2, -0.15) is 0 Å². The highest BCUT2D eigenvalue weighted by Gasteiger charge is 2.00. The van der Waals surface area contributed by atoms with Crippen LogP contribution < -0.4 is 22.1 Å². The van der Waals surface area contributed by atoms with E-state index in [0.29, 0.717) is 13.0 Å². The smallest absolute Gasteiger partial charge is 0.219 e. The van der Waals surface area contributed by atoms with Gasteiger partial charge in [0.1, 0.15) is 0 Å². The molecule has 0 bridgehead atoms. The van der Waals surface area contributed by atoms with Crippen molar-refractivity contribution in [1.29, 1.82) is 0 Å². The lowest BCUT2D eigenvalue weighted by Gasteiger charge is -2.06. The summed E-state index contributed by atoms with van der Waals surface area (Å²) in [6.45, 7) is 5.44. The minimum Gasteiger partial charge on any atom is -0.370 e. The van der Waals surface area contributed by atoms with Crippen molar-refractivity contribution in [1.82, 2.24) is 10.6 Å². The molecule has 0 saturated heterocycles. The Morgan fingerprint density at radius 1 is 0.833 bits per heavy atom. The molecule has 0 heterocycles. The molecule has 24 heavy (non-hydrogen) atoms. The van der Waals surface area contributed by atoms with E-state index in [0.717, 1.165) is 38.9 Å². The van der Waals surface area contributed by atoms with Crippen LogP contribution in [0.3, 0.4) is 0 Å². The van der Waals surface area contributed by atoms with Crippen LogP contribution in [0, 0.1) is 0 Å². The fourth-order valence-electron chi connectivity index (χ4n) is 2.49. The minimum atomic E-state index is 0.147. The number of unbranched alkanes of at least 4 members (excludes halogenated alkanes) is 7. The Morgan fingerprint density at radius 3 is 2.12 bits per heavy atom. The van der Waals surface area contributed by atoms with E-state index in [2.05, 4.69) is 22.5 Å². The molecule has 1 amide bonds. The number of nitrogens with one attached hydrogen (secondary N) is 2. The molecule has 0 spiro atoms. The summed E-state index contributed by atoms with van der Waals surface area (Å²) in [5.41, 5.74) is 10.5. The maximum atomic E-state index is 11.7. The molecule has 0 aliphatic rings. The largest absolute Gasteiger partial charge is 0.370 e. The van der Waals surface area contributed by atoms with Gasteiger partial charge in [-0.3, -0.25) is 9.79 Å². The molecule has 0 aliphatic heterocycles. The predicted molar refractivity (Wildman–Crippen MR) is 103 cm³/mol. The summed E-state index contributed by atoms with van der Waals surface area (Å²) in [6.07, 6.45) is 12.7. The standard InChI is InChI=1S/C18H39N5O/c1-2-3-4-5-6-7-8-9-12-17(24)22-15-10-13-21-14-11-16-23-18(19)20/h21H,2-16H2,1H3,(H,22,24)(H4,19,20,23). The number of carbonyl (C=O) groups is 1. The summed E-state index contributed by atoms with van der Waals surface area (Å²) in [5.74, 6) is 0.336. The molecule has 6 nitrogen and oxygen atoms in total. The lowest BCUT2D eigenvalue weighted by Crippen LogP contribution is -2.27. The first-order valence-electron chi connectivity index (χ1n) is 9.69. The highest BCUT2D eigenvalue weighted by atomic mass is 16.1. The third kappa shape index (κ3) is 18.7. The quantitative estimate of drug-likeness (QED) is 0.185. The number of nitrogens with two attached hydrogens (primary N) is 2. The van der Waals surface area contributed by atoms with Gasteiger partial charge in [-0.1, -0.05) is 51.9 Å². The van der Waals surface area contributed by atoms with Crippen LogP contribution in [-0.2, 0) is 4.79 Å². The van der Waals surface area contributed by atoms with Crippen LogP contribution >= 0.6 is 0 Å². The fourth-order valence-corrected chi connectivity index (χ4v) is 2.49. The van der Waals surface area contributed by atoms with Crippen molar-refractivity contribution < 1.29 is 4.79 Å². The Labute approximate surface area is 148 Å². The van der Waals surface area contributed by atoms with Crippen molar-refractivity contribution in [3.63, 3.8) is 0 Å². The first kappa shape index (κ1) is 22.7. The molecule has 0 rings (SSSR count). The number of hydrogen-bond acceptors (Lipinski definition) is 3. The number of nitrogens with zero attached hydrogens (tertiary/aromatic N) is 1. The molecule has 0 saturated carbocycles. The lowest BCUT2D eigenvalue weighted by molar-refractivity contribution is -0.121. The van der Waals surface area contributed by atoms with E-state index in [9.17, 15) is 4.79 Å². The fraction of sp³-hybridized carbons (Fsp3) is 0.889. The van der Waals surface area contributed by atoms with Gasteiger partial charge >= 0.3 is 0 Å². The zero-order valence-corrected chi connectivity index (χ0v) is 15.6. The van der Waals surface area contributed by atoms with Gasteiger partial charge in [-0.15, -0.1) is 0 Å². The average molecular weight is 342 g/mol. The van der Waals surface area contributed by atoms with Gasteiger partial charge in [-0.05, 0) is 32.4 Å².